The number of hydrazone groups is 1. The van der Waals surface area contributed by atoms with E-state index < -0.39 is 0 Å². The Hall–Kier alpha value is -2.83. The van der Waals surface area contributed by atoms with Crippen molar-refractivity contribution < 1.29 is 4.79 Å². The molecule has 2 aromatic carbocycles. The van der Waals surface area contributed by atoms with Crippen LogP contribution in [-0.2, 0) is 0 Å². The van der Waals surface area contributed by atoms with Crippen molar-refractivity contribution in [2.45, 2.75) is 6.92 Å². The van der Waals surface area contributed by atoms with Crippen molar-refractivity contribution in [1.29, 1.82) is 0 Å². The van der Waals surface area contributed by atoms with Crippen molar-refractivity contribution in [2.24, 2.45) is 5.10 Å². The fourth-order valence-corrected chi connectivity index (χ4v) is 4.02. The highest BCUT2D eigenvalue weighted by Gasteiger charge is 2.21. The lowest BCUT2D eigenvalue weighted by Crippen LogP contribution is -2.25. The minimum absolute atomic E-state index is 0.194. The molecule has 26 heavy (non-hydrogen) atoms. The highest BCUT2D eigenvalue weighted by atomic mass is 32.1. The second kappa shape index (κ2) is 7.19. The van der Waals surface area contributed by atoms with E-state index in [4.69, 9.17) is 0 Å². The summed E-state index contributed by atoms with van der Waals surface area (Å²) in [6.07, 6.45) is 1.70. The first kappa shape index (κ1) is 16.6. The number of thiazole rings is 1. The van der Waals surface area contributed by atoms with Crippen LogP contribution in [0.2, 0.25) is 0 Å². The standard InChI is InChI=1S/C20H15N3OS2/c1-14-6-4-7-15(12-14)19(24)23(21-13-16-8-5-11-25-16)20-22-17-9-2-3-10-18(17)26-20/h2-13H,1H3/b21-13-. The lowest BCUT2D eigenvalue weighted by atomic mass is 10.1. The zero-order valence-electron chi connectivity index (χ0n) is 14.0. The third kappa shape index (κ3) is 3.42. The molecule has 128 valence electrons. The summed E-state index contributed by atoms with van der Waals surface area (Å²) < 4.78 is 1.02. The summed E-state index contributed by atoms with van der Waals surface area (Å²) in [7, 11) is 0. The second-order valence-corrected chi connectivity index (χ2v) is 7.70. The van der Waals surface area contributed by atoms with E-state index in [1.54, 1.807) is 23.6 Å². The molecule has 4 rings (SSSR count). The van der Waals surface area contributed by atoms with Gasteiger partial charge in [0, 0.05) is 10.4 Å². The third-order valence-electron chi connectivity index (χ3n) is 3.76. The van der Waals surface area contributed by atoms with Gasteiger partial charge in [-0.15, -0.1) is 11.3 Å². The molecule has 2 heterocycles. The Morgan fingerprint density at radius 1 is 1.12 bits per heavy atom. The van der Waals surface area contributed by atoms with Crippen molar-refractivity contribution >= 4 is 50.1 Å². The van der Waals surface area contributed by atoms with Crippen LogP contribution < -0.4 is 5.01 Å². The Morgan fingerprint density at radius 3 is 2.77 bits per heavy atom. The molecule has 0 saturated carbocycles. The van der Waals surface area contributed by atoms with E-state index in [0.29, 0.717) is 10.7 Å². The molecule has 0 aliphatic rings. The lowest BCUT2D eigenvalue weighted by molar-refractivity contribution is 0.0988. The van der Waals surface area contributed by atoms with Crippen LogP contribution in [-0.4, -0.2) is 17.1 Å². The number of aromatic nitrogens is 1. The number of fused-ring (bicyclic) bond motifs is 1. The molecule has 0 aliphatic heterocycles. The molecule has 0 bridgehead atoms. The molecule has 0 spiro atoms. The number of thiophene rings is 1. The number of anilines is 1. The predicted molar refractivity (Wildman–Crippen MR) is 110 cm³/mol. The van der Waals surface area contributed by atoms with E-state index in [1.807, 2.05) is 66.9 Å². The number of aryl methyl sites for hydroxylation is 1. The monoisotopic (exact) mass is 377 g/mol. The first-order valence-corrected chi connectivity index (χ1v) is 9.74. The molecule has 6 heteroatoms. The molecule has 4 nitrogen and oxygen atoms in total. The Bertz CT molecular complexity index is 1050. The summed E-state index contributed by atoms with van der Waals surface area (Å²) >= 11 is 3.02. The molecule has 0 radical (unpaired) electrons. The zero-order chi connectivity index (χ0) is 17.9. The molecule has 0 aliphatic carbocycles. The Labute approximate surface area is 159 Å². The van der Waals surface area contributed by atoms with Gasteiger partial charge in [0.25, 0.3) is 5.91 Å². The fourth-order valence-electron chi connectivity index (χ4n) is 2.52. The van der Waals surface area contributed by atoms with Crippen molar-refractivity contribution in [2.75, 3.05) is 5.01 Å². The largest absolute Gasteiger partial charge is 0.280 e. The van der Waals surface area contributed by atoms with Crippen molar-refractivity contribution in [3.05, 3.63) is 82.0 Å². The van der Waals surface area contributed by atoms with Gasteiger partial charge in [0.15, 0.2) is 0 Å². The number of rotatable bonds is 4. The molecule has 0 N–H and O–H groups in total. The zero-order valence-corrected chi connectivity index (χ0v) is 15.6. The average Bonchev–Trinajstić information content (AvgIpc) is 3.31. The molecule has 0 fully saturated rings. The van der Waals surface area contributed by atoms with Gasteiger partial charge in [-0.3, -0.25) is 4.79 Å². The summed E-state index contributed by atoms with van der Waals surface area (Å²) in [6.45, 7) is 1.97. The maximum absolute atomic E-state index is 13.1. The van der Waals surface area contributed by atoms with Crippen LogP contribution in [0.25, 0.3) is 10.2 Å². The van der Waals surface area contributed by atoms with Crippen LogP contribution in [0.3, 0.4) is 0 Å². The van der Waals surface area contributed by atoms with Gasteiger partial charge in [-0.2, -0.15) is 10.1 Å². The van der Waals surface area contributed by atoms with Crippen LogP contribution in [0.1, 0.15) is 20.8 Å². The topological polar surface area (TPSA) is 45.6 Å². The van der Waals surface area contributed by atoms with E-state index in [9.17, 15) is 4.79 Å². The number of carbonyl (C=O) groups excluding carboxylic acids is 1. The maximum Gasteiger partial charge on any atom is 0.280 e. The van der Waals surface area contributed by atoms with Gasteiger partial charge in [0.05, 0.1) is 16.4 Å². The summed E-state index contributed by atoms with van der Waals surface area (Å²) in [6, 6.07) is 19.3. The number of amides is 1. The van der Waals surface area contributed by atoms with E-state index in [1.165, 1.54) is 16.3 Å². The van der Waals surface area contributed by atoms with Gasteiger partial charge in [0.2, 0.25) is 5.13 Å². The van der Waals surface area contributed by atoms with Gasteiger partial charge in [-0.1, -0.05) is 47.2 Å². The van der Waals surface area contributed by atoms with Gasteiger partial charge in [0.1, 0.15) is 0 Å². The van der Waals surface area contributed by atoms with Gasteiger partial charge in [-0.05, 0) is 42.6 Å². The summed E-state index contributed by atoms with van der Waals surface area (Å²) in [4.78, 5) is 18.7. The quantitative estimate of drug-likeness (QED) is 0.356. The highest BCUT2D eigenvalue weighted by Crippen LogP contribution is 2.30. The maximum atomic E-state index is 13.1. The first-order valence-electron chi connectivity index (χ1n) is 8.05. The highest BCUT2D eigenvalue weighted by molar-refractivity contribution is 7.22. The number of para-hydroxylation sites is 1. The number of hydrogen-bond acceptors (Lipinski definition) is 5. The second-order valence-electron chi connectivity index (χ2n) is 5.71. The number of benzene rings is 2. The fraction of sp³-hybridized carbons (Fsp3) is 0.0500. The van der Waals surface area contributed by atoms with Gasteiger partial charge >= 0.3 is 0 Å². The molecule has 4 aromatic rings. The van der Waals surface area contributed by atoms with E-state index in [0.717, 1.165) is 20.7 Å². The van der Waals surface area contributed by atoms with Crippen molar-refractivity contribution in [1.82, 2.24) is 4.98 Å². The molecule has 2 aromatic heterocycles. The Balaban J connectivity index is 1.76. The number of nitrogens with zero attached hydrogens (tertiary/aromatic N) is 3. The van der Waals surface area contributed by atoms with Gasteiger partial charge in [-0.25, -0.2) is 4.98 Å². The number of hydrogen-bond donors (Lipinski definition) is 0. The number of carbonyl (C=O) groups is 1. The molecular formula is C20H15N3OS2. The molecule has 0 unspecified atom stereocenters. The third-order valence-corrected chi connectivity index (χ3v) is 5.58. The van der Waals surface area contributed by atoms with Crippen LogP contribution in [0.4, 0.5) is 5.13 Å². The summed E-state index contributed by atoms with van der Waals surface area (Å²) in [5.74, 6) is -0.194. The van der Waals surface area contributed by atoms with E-state index in [-0.39, 0.29) is 5.91 Å². The molecule has 0 saturated heterocycles. The van der Waals surface area contributed by atoms with E-state index in [2.05, 4.69) is 10.1 Å². The molecule has 1 amide bonds. The minimum Gasteiger partial charge on any atom is -0.267 e. The lowest BCUT2D eigenvalue weighted by Gasteiger charge is -2.14. The van der Waals surface area contributed by atoms with Crippen LogP contribution in [0.15, 0.2) is 71.1 Å². The smallest absolute Gasteiger partial charge is 0.267 e. The predicted octanol–water partition coefficient (Wildman–Crippen LogP) is 5.35. The van der Waals surface area contributed by atoms with Crippen LogP contribution >= 0.6 is 22.7 Å². The van der Waals surface area contributed by atoms with Crippen molar-refractivity contribution in [3.63, 3.8) is 0 Å². The molecular weight excluding hydrogens is 362 g/mol. The average molecular weight is 377 g/mol. The SMILES string of the molecule is Cc1cccc(C(=O)N(/N=C\c2cccs2)c2nc3ccccc3s2)c1. The Morgan fingerprint density at radius 2 is 2.00 bits per heavy atom. The van der Waals surface area contributed by atoms with Crippen LogP contribution in [0, 0.1) is 6.92 Å². The van der Waals surface area contributed by atoms with E-state index >= 15 is 0 Å². The van der Waals surface area contributed by atoms with Crippen LogP contribution in [0.5, 0.6) is 0 Å². The molecule has 0 atom stereocenters. The first-order chi connectivity index (χ1) is 12.7. The summed E-state index contributed by atoms with van der Waals surface area (Å²) in [5, 5.41) is 8.38. The van der Waals surface area contributed by atoms with Gasteiger partial charge < -0.3 is 0 Å². The Kier molecular flexibility index (Phi) is 4.60. The normalized spacial score (nSPS) is 11.3. The van der Waals surface area contributed by atoms with Crippen molar-refractivity contribution in [3.8, 4) is 0 Å². The summed E-state index contributed by atoms with van der Waals surface area (Å²) in [5.41, 5.74) is 2.48. The minimum atomic E-state index is -0.194.